The molecule has 0 heterocycles. The first-order valence-corrected chi connectivity index (χ1v) is 6.75. The zero-order chi connectivity index (χ0) is 13.0. The molecular formula is C14H13BrClNO. The summed E-state index contributed by atoms with van der Waals surface area (Å²) in [6.45, 7) is -0.0176. The fraction of sp³-hybridized carbons (Fsp3) is 0.143. The highest BCUT2D eigenvalue weighted by Crippen LogP contribution is 2.28. The van der Waals surface area contributed by atoms with Gasteiger partial charge in [-0.15, -0.1) is 0 Å². The lowest BCUT2D eigenvalue weighted by atomic mass is 10.1. The van der Waals surface area contributed by atoms with Crippen LogP contribution >= 0.6 is 27.5 Å². The van der Waals surface area contributed by atoms with E-state index >= 15 is 0 Å². The van der Waals surface area contributed by atoms with E-state index in [0.717, 1.165) is 15.7 Å². The predicted octanol–water partition coefficient (Wildman–Crippen LogP) is 4.25. The second-order valence-electron chi connectivity index (χ2n) is 3.91. The lowest BCUT2D eigenvalue weighted by Gasteiger charge is -2.19. The number of para-hydroxylation sites is 1. The minimum absolute atomic E-state index is 0.0176. The molecule has 2 nitrogen and oxygen atoms in total. The topological polar surface area (TPSA) is 32.3 Å². The molecule has 0 aliphatic carbocycles. The number of nitrogens with one attached hydrogen (secondary N) is 1. The van der Waals surface area contributed by atoms with Gasteiger partial charge in [0.1, 0.15) is 0 Å². The van der Waals surface area contributed by atoms with E-state index in [1.165, 1.54) is 0 Å². The molecule has 2 aromatic rings. The van der Waals surface area contributed by atoms with Crippen molar-refractivity contribution >= 4 is 33.2 Å². The van der Waals surface area contributed by atoms with E-state index in [1.807, 2.05) is 48.5 Å². The highest BCUT2D eigenvalue weighted by molar-refractivity contribution is 9.10. The Morgan fingerprint density at radius 3 is 2.50 bits per heavy atom. The van der Waals surface area contributed by atoms with Gasteiger partial charge >= 0.3 is 0 Å². The van der Waals surface area contributed by atoms with Crippen LogP contribution in [0.3, 0.4) is 0 Å². The van der Waals surface area contributed by atoms with Gasteiger partial charge in [-0.1, -0.05) is 51.8 Å². The second-order valence-corrected chi connectivity index (χ2v) is 5.23. The van der Waals surface area contributed by atoms with Crippen LogP contribution in [0.5, 0.6) is 0 Å². The van der Waals surface area contributed by atoms with E-state index in [0.29, 0.717) is 5.02 Å². The Kier molecular flexibility index (Phi) is 4.64. The summed E-state index contributed by atoms with van der Waals surface area (Å²) in [7, 11) is 0. The van der Waals surface area contributed by atoms with Gasteiger partial charge in [-0.05, 0) is 29.8 Å². The van der Waals surface area contributed by atoms with Crippen LogP contribution in [-0.4, -0.2) is 11.7 Å². The van der Waals surface area contributed by atoms with Gasteiger partial charge in [0, 0.05) is 15.2 Å². The van der Waals surface area contributed by atoms with E-state index in [9.17, 15) is 5.11 Å². The first kappa shape index (κ1) is 13.4. The number of halogens is 2. The van der Waals surface area contributed by atoms with Crippen molar-refractivity contribution in [3.8, 4) is 0 Å². The minimum Gasteiger partial charge on any atom is -0.394 e. The number of anilines is 1. The van der Waals surface area contributed by atoms with Crippen LogP contribution in [0.2, 0.25) is 5.02 Å². The molecule has 2 N–H and O–H groups in total. The van der Waals surface area contributed by atoms with E-state index in [-0.39, 0.29) is 12.6 Å². The second kappa shape index (κ2) is 6.23. The average molecular weight is 327 g/mol. The molecule has 0 radical (unpaired) electrons. The molecule has 4 heteroatoms. The number of aliphatic hydroxyl groups is 1. The van der Waals surface area contributed by atoms with Crippen molar-refractivity contribution in [1.82, 2.24) is 0 Å². The summed E-state index contributed by atoms with van der Waals surface area (Å²) >= 11 is 9.55. The van der Waals surface area contributed by atoms with Crippen LogP contribution in [0.4, 0.5) is 5.69 Å². The Morgan fingerprint density at radius 2 is 1.89 bits per heavy atom. The summed E-state index contributed by atoms with van der Waals surface area (Å²) in [5.74, 6) is 0. The van der Waals surface area contributed by atoms with Gasteiger partial charge < -0.3 is 10.4 Å². The fourth-order valence-corrected chi connectivity index (χ4v) is 2.55. The van der Waals surface area contributed by atoms with E-state index in [1.54, 1.807) is 0 Å². The Bertz CT molecular complexity index is 518. The van der Waals surface area contributed by atoms with Crippen molar-refractivity contribution in [2.24, 2.45) is 0 Å². The van der Waals surface area contributed by atoms with Gasteiger partial charge in [-0.25, -0.2) is 0 Å². The van der Waals surface area contributed by atoms with Gasteiger partial charge in [0.25, 0.3) is 0 Å². The van der Waals surface area contributed by atoms with Gasteiger partial charge in [0.05, 0.1) is 12.6 Å². The van der Waals surface area contributed by atoms with Gasteiger partial charge in [0.2, 0.25) is 0 Å². The number of rotatable bonds is 4. The molecule has 0 amide bonds. The first-order chi connectivity index (χ1) is 8.70. The Balaban J connectivity index is 2.23. The molecule has 0 saturated carbocycles. The summed E-state index contributed by atoms with van der Waals surface area (Å²) in [5.41, 5.74) is 1.83. The predicted molar refractivity (Wildman–Crippen MR) is 79.0 cm³/mol. The normalized spacial score (nSPS) is 12.2. The lowest BCUT2D eigenvalue weighted by molar-refractivity contribution is 0.276. The summed E-state index contributed by atoms with van der Waals surface area (Å²) in [6.07, 6.45) is 0. The van der Waals surface area contributed by atoms with Crippen molar-refractivity contribution in [2.45, 2.75) is 6.04 Å². The van der Waals surface area contributed by atoms with E-state index in [2.05, 4.69) is 21.2 Å². The molecule has 0 aliphatic rings. The molecule has 0 aliphatic heterocycles. The SMILES string of the molecule is OCC(Nc1ccccc1)c1ccc(Br)cc1Cl. The first-order valence-electron chi connectivity index (χ1n) is 5.58. The molecule has 0 fully saturated rings. The summed E-state index contributed by atoms with van der Waals surface area (Å²) in [4.78, 5) is 0. The molecule has 0 aromatic heterocycles. The quantitative estimate of drug-likeness (QED) is 0.880. The largest absolute Gasteiger partial charge is 0.394 e. The Labute approximate surface area is 120 Å². The molecule has 2 aromatic carbocycles. The van der Waals surface area contributed by atoms with Crippen molar-refractivity contribution in [2.75, 3.05) is 11.9 Å². The summed E-state index contributed by atoms with van der Waals surface area (Å²) in [6, 6.07) is 15.2. The van der Waals surface area contributed by atoms with Crippen molar-refractivity contribution in [3.05, 3.63) is 63.6 Å². The standard InChI is InChI=1S/C14H13BrClNO/c15-10-6-7-12(13(16)8-10)14(9-18)17-11-4-2-1-3-5-11/h1-8,14,17-18H,9H2. The molecule has 2 rings (SSSR count). The van der Waals surface area contributed by atoms with Gasteiger partial charge in [-0.2, -0.15) is 0 Å². The maximum Gasteiger partial charge on any atom is 0.0759 e. The molecular weight excluding hydrogens is 314 g/mol. The number of hydrogen-bond donors (Lipinski definition) is 2. The fourth-order valence-electron chi connectivity index (χ4n) is 1.74. The van der Waals surface area contributed by atoms with Gasteiger partial charge in [-0.3, -0.25) is 0 Å². The third kappa shape index (κ3) is 3.25. The summed E-state index contributed by atoms with van der Waals surface area (Å²) in [5, 5.41) is 13.4. The molecule has 1 unspecified atom stereocenters. The Morgan fingerprint density at radius 1 is 1.17 bits per heavy atom. The Hall–Kier alpha value is -1.03. The summed E-state index contributed by atoms with van der Waals surface area (Å²) < 4.78 is 0.924. The zero-order valence-corrected chi connectivity index (χ0v) is 11.9. The van der Waals surface area contributed by atoms with Crippen LogP contribution < -0.4 is 5.32 Å². The van der Waals surface area contributed by atoms with Crippen LogP contribution in [0, 0.1) is 0 Å². The van der Waals surface area contributed by atoms with Crippen molar-refractivity contribution in [1.29, 1.82) is 0 Å². The number of benzene rings is 2. The third-order valence-electron chi connectivity index (χ3n) is 2.64. The maximum atomic E-state index is 9.50. The van der Waals surface area contributed by atoms with Crippen molar-refractivity contribution < 1.29 is 5.11 Å². The number of hydrogen-bond acceptors (Lipinski definition) is 2. The average Bonchev–Trinajstić information content (AvgIpc) is 2.38. The molecule has 0 bridgehead atoms. The maximum absolute atomic E-state index is 9.50. The zero-order valence-electron chi connectivity index (χ0n) is 9.61. The van der Waals surface area contributed by atoms with E-state index < -0.39 is 0 Å². The lowest BCUT2D eigenvalue weighted by Crippen LogP contribution is -2.15. The smallest absolute Gasteiger partial charge is 0.0759 e. The van der Waals surface area contributed by atoms with Crippen LogP contribution in [0.25, 0.3) is 0 Å². The molecule has 0 spiro atoms. The minimum atomic E-state index is -0.215. The molecule has 94 valence electrons. The van der Waals surface area contributed by atoms with E-state index in [4.69, 9.17) is 11.6 Å². The third-order valence-corrected chi connectivity index (χ3v) is 3.46. The molecule has 1 atom stereocenters. The van der Waals surface area contributed by atoms with Crippen LogP contribution in [0.1, 0.15) is 11.6 Å². The highest BCUT2D eigenvalue weighted by Gasteiger charge is 2.13. The molecule has 18 heavy (non-hydrogen) atoms. The van der Waals surface area contributed by atoms with Crippen molar-refractivity contribution in [3.63, 3.8) is 0 Å². The van der Waals surface area contributed by atoms with Crippen LogP contribution in [0.15, 0.2) is 53.0 Å². The highest BCUT2D eigenvalue weighted by atomic mass is 79.9. The monoisotopic (exact) mass is 325 g/mol. The molecule has 0 saturated heterocycles. The number of aliphatic hydroxyl groups excluding tert-OH is 1. The van der Waals surface area contributed by atoms with Crippen LogP contribution in [-0.2, 0) is 0 Å². The van der Waals surface area contributed by atoms with Gasteiger partial charge in [0.15, 0.2) is 0 Å².